The van der Waals surface area contributed by atoms with Gasteiger partial charge in [0.2, 0.25) is 5.88 Å². The highest BCUT2D eigenvalue weighted by Crippen LogP contribution is 2.27. The summed E-state index contributed by atoms with van der Waals surface area (Å²) in [5, 5.41) is 13.4. The van der Waals surface area contributed by atoms with Crippen molar-refractivity contribution < 1.29 is 9.84 Å². The monoisotopic (exact) mass is 483 g/mol. The number of guanidine groups is 1. The fraction of sp³-hybridized carbons (Fsp3) is 0.368. The molecule has 8 heteroatoms. The molecule has 0 amide bonds. The molecular weight excluding hydrogens is 457 g/mol. The number of nitrogens with one attached hydrogen (secondary N) is 1. The van der Waals surface area contributed by atoms with Gasteiger partial charge < -0.3 is 25.0 Å². The zero-order chi connectivity index (χ0) is 18.4. The topological polar surface area (TPSA) is 73.2 Å². The molecule has 0 spiro atoms. The lowest BCUT2D eigenvalue weighted by molar-refractivity contribution is 0.367. The third-order valence-electron chi connectivity index (χ3n) is 4.49. The maximum atomic E-state index is 10.0. The first-order valence-corrected chi connectivity index (χ1v) is 8.69. The summed E-state index contributed by atoms with van der Waals surface area (Å²) < 4.78 is 5.30. The average Bonchev–Trinajstić information content (AvgIpc) is 2.70. The van der Waals surface area contributed by atoms with E-state index in [9.17, 15) is 5.11 Å². The number of phenols is 1. The first-order valence-electron chi connectivity index (χ1n) is 8.69. The van der Waals surface area contributed by atoms with Crippen molar-refractivity contribution in [3.05, 3.63) is 48.2 Å². The van der Waals surface area contributed by atoms with Gasteiger partial charge in [-0.2, -0.15) is 0 Å². The van der Waals surface area contributed by atoms with E-state index >= 15 is 0 Å². The number of ether oxygens (including phenoxy) is 1. The van der Waals surface area contributed by atoms with Crippen LogP contribution < -0.4 is 15.0 Å². The average molecular weight is 483 g/mol. The van der Waals surface area contributed by atoms with Gasteiger partial charge in [0.25, 0.3) is 0 Å². The molecule has 1 aromatic heterocycles. The number of anilines is 1. The van der Waals surface area contributed by atoms with Crippen molar-refractivity contribution >= 4 is 35.6 Å². The Kier molecular flexibility index (Phi) is 7.96. The number of pyridine rings is 1. The maximum absolute atomic E-state index is 10.0. The van der Waals surface area contributed by atoms with Crippen LogP contribution in [0, 0.1) is 0 Å². The van der Waals surface area contributed by atoms with Gasteiger partial charge in [0.1, 0.15) is 5.75 Å². The fourth-order valence-electron chi connectivity index (χ4n) is 3.14. The van der Waals surface area contributed by atoms with Crippen molar-refractivity contribution in [3.8, 4) is 11.6 Å². The smallest absolute Gasteiger partial charge is 0.218 e. The second-order valence-corrected chi connectivity index (χ2v) is 6.04. The number of nitrogens with zero attached hydrogens (tertiary/aromatic N) is 4. The molecule has 1 aliphatic rings. The predicted molar refractivity (Wildman–Crippen MR) is 118 cm³/mol. The molecule has 2 N–H and O–H groups in total. The van der Waals surface area contributed by atoms with Crippen molar-refractivity contribution in [1.29, 1.82) is 0 Å². The highest BCUT2D eigenvalue weighted by molar-refractivity contribution is 14.0. The Hall–Kier alpha value is -2.23. The number of hydrogen-bond acceptors (Lipinski definition) is 5. The summed E-state index contributed by atoms with van der Waals surface area (Å²) >= 11 is 0. The van der Waals surface area contributed by atoms with E-state index in [1.807, 2.05) is 30.3 Å². The first kappa shape index (κ1) is 21.1. The van der Waals surface area contributed by atoms with Crippen LogP contribution in [-0.4, -0.2) is 61.3 Å². The summed E-state index contributed by atoms with van der Waals surface area (Å²) in [5.41, 5.74) is 1.87. The molecule has 0 saturated carbocycles. The molecule has 1 saturated heterocycles. The molecule has 0 atom stereocenters. The Bertz CT molecular complexity index is 763. The Morgan fingerprint density at radius 2 is 1.93 bits per heavy atom. The lowest BCUT2D eigenvalue weighted by Crippen LogP contribution is -2.52. The molecule has 1 aromatic carbocycles. The predicted octanol–water partition coefficient (Wildman–Crippen LogP) is 2.31. The number of aromatic nitrogens is 1. The van der Waals surface area contributed by atoms with Gasteiger partial charge >= 0.3 is 0 Å². The third-order valence-corrected chi connectivity index (χ3v) is 4.49. The summed E-state index contributed by atoms with van der Waals surface area (Å²) in [6.07, 6.45) is 1.72. The van der Waals surface area contributed by atoms with Gasteiger partial charge in [-0.3, -0.25) is 4.99 Å². The normalized spacial score (nSPS) is 14.5. The number of hydrogen-bond donors (Lipinski definition) is 2. The van der Waals surface area contributed by atoms with Crippen molar-refractivity contribution in [2.24, 2.45) is 4.99 Å². The molecule has 7 nitrogen and oxygen atoms in total. The van der Waals surface area contributed by atoms with Gasteiger partial charge in [0.05, 0.1) is 12.8 Å². The second kappa shape index (κ2) is 10.2. The van der Waals surface area contributed by atoms with Crippen LogP contribution in [0.1, 0.15) is 5.56 Å². The van der Waals surface area contributed by atoms with Gasteiger partial charge in [-0.25, -0.2) is 4.98 Å². The van der Waals surface area contributed by atoms with E-state index in [4.69, 9.17) is 4.74 Å². The van der Waals surface area contributed by atoms with Crippen LogP contribution in [0.4, 0.5) is 5.69 Å². The molecule has 146 valence electrons. The SMILES string of the molecule is CN=C(NCc1cccnc1OC)N1CCN(c2ccccc2O)CC1.I. The molecule has 0 bridgehead atoms. The number of halogens is 1. The van der Waals surface area contributed by atoms with Gasteiger partial charge in [-0.15, -0.1) is 24.0 Å². The molecule has 2 heterocycles. The lowest BCUT2D eigenvalue weighted by Gasteiger charge is -2.37. The number of aliphatic imine (C=N–C) groups is 1. The van der Waals surface area contributed by atoms with E-state index in [2.05, 4.69) is 25.1 Å². The number of aromatic hydroxyl groups is 1. The summed E-state index contributed by atoms with van der Waals surface area (Å²) in [5.74, 6) is 1.81. The van der Waals surface area contributed by atoms with E-state index in [-0.39, 0.29) is 24.0 Å². The molecule has 3 rings (SSSR count). The molecule has 1 fully saturated rings. The van der Waals surface area contributed by atoms with E-state index in [0.717, 1.165) is 43.4 Å². The number of benzene rings is 1. The van der Waals surface area contributed by atoms with Crippen LogP contribution in [0.3, 0.4) is 0 Å². The second-order valence-electron chi connectivity index (χ2n) is 6.04. The summed E-state index contributed by atoms with van der Waals surface area (Å²) in [7, 11) is 3.41. The van der Waals surface area contributed by atoms with Crippen LogP contribution in [0.25, 0.3) is 0 Å². The molecule has 2 aromatic rings. The van der Waals surface area contributed by atoms with Crippen molar-refractivity contribution in [3.63, 3.8) is 0 Å². The van der Waals surface area contributed by atoms with Crippen LogP contribution >= 0.6 is 24.0 Å². The standard InChI is InChI=1S/C19H25N5O2.HI/c1-20-19(22-14-15-6-5-9-21-18(15)26-2)24-12-10-23(11-13-24)16-7-3-4-8-17(16)25;/h3-9,25H,10-14H2,1-2H3,(H,20,22);1H. The van der Waals surface area contributed by atoms with E-state index in [0.29, 0.717) is 18.2 Å². The minimum Gasteiger partial charge on any atom is -0.506 e. The molecular formula is C19H26IN5O2. The summed E-state index contributed by atoms with van der Waals surface area (Å²) in [6, 6.07) is 11.3. The summed E-state index contributed by atoms with van der Waals surface area (Å²) in [4.78, 5) is 13.0. The zero-order valence-corrected chi connectivity index (χ0v) is 18.0. The van der Waals surface area contributed by atoms with Crippen molar-refractivity contribution in [2.75, 3.05) is 45.2 Å². The molecule has 27 heavy (non-hydrogen) atoms. The van der Waals surface area contributed by atoms with Crippen LogP contribution in [-0.2, 0) is 6.54 Å². The molecule has 0 unspecified atom stereocenters. The van der Waals surface area contributed by atoms with Gasteiger partial charge in [-0.05, 0) is 18.2 Å². The Morgan fingerprint density at radius 3 is 2.59 bits per heavy atom. The zero-order valence-electron chi connectivity index (χ0n) is 15.6. The van der Waals surface area contributed by atoms with E-state index < -0.39 is 0 Å². The third kappa shape index (κ3) is 5.15. The Labute approximate surface area is 177 Å². The largest absolute Gasteiger partial charge is 0.506 e. The van der Waals surface area contributed by atoms with E-state index in [1.165, 1.54) is 0 Å². The molecule has 0 radical (unpaired) electrons. The van der Waals surface area contributed by atoms with Crippen LogP contribution in [0.2, 0.25) is 0 Å². The Balaban J connectivity index is 0.00000261. The Morgan fingerprint density at radius 1 is 1.19 bits per heavy atom. The number of piperazine rings is 1. The fourth-order valence-corrected chi connectivity index (χ4v) is 3.14. The minimum atomic E-state index is 0. The first-order chi connectivity index (χ1) is 12.7. The maximum Gasteiger partial charge on any atom is 0.218 e. The summed E-state index contributed by atoms with van der Waals surface area (Å²) in [6.45, 7) is 3.92. The lowest BCUT2D eigenvalue weighted by atomic mass is 10.2. The number of methoxy groups -OCH3 is 1. The van der Waals surface area contributed by atoms with Crippen molar-refractivity contribution in [1.82, 2.24) is 15.2 Å². The number of para-hydroxylation sites is 2. The van der Waals surface area contributed by atoms with Crippen molar-refractivity contribution in [2.45, 2.75) is 6.54 Å². The van der Waals surface area contributed by atoms with Gasteiger partial charge in [-0.1, -0.05) is 18.2 Å². The van der Waals surface area contributed by atoms with Gasteiger partial charge in [0, 0.05) is 51.5 Å². The van der Waals surface area contributed by atoms with Gasteiger partial charge in [0.15, 0.2) is 5.96 Å². The van der Waals surface area contributed by atoms with Crippen LogP contribution in [0.15, 0.2) is 47.6 Å². The van der Waals surface area contributed by atoms with Crippen LogP contribution in [0.5, 0.6) is 11.6 Å². The number of rotatable bonds is 4. The molecule has 0 aliphatic carbocycles. The minimum absolute atomic E-state index is 0. The molecule has 1 aliphatic heterocycles. The quantitative estimate of drug-likeness (QED) is 0.395. The highest BCUT2D eigenvalue weighted by Gasteiger charge is 2.21. The highest BCUT2D eigenvalue weighted by atomic mass is 127. The van der Waals surface area contributed by atoms with E-state index in [1.54, 1.807) is 26.4 Å². The number of phenolic OH excluding ortho intramolecular Hbond substituents is 1.